The van der Waals surface area contributed by atoms with E-state index in [1.807, 2.05) is 0 Å². The number of ether oxygens (including phenoxy) is 3. The van der Waals surface area contributed by atoms with Gasteiger partial charge in [-0.25, -0.2) is 14.4 Å². The number of hydrogen-bond acceptors (Lipinski definition) is 6. The summed E-state index contributed by atoms with van der Waals surface area (Å²) in [6.07, 6.45) is 48.3. The number of allylic oxidation sites excluding steroid dienone is 6. The van der Waals surface area contributed by atoms with Crippen LogP contribution in [-0.2, 0) is 14.2 Å². The molecule has 0 aliphatic rings. The Bertz CT molecular complexity index is 1210. The van der Waals surface area contributed by atoms with E-state index >= 15 is 0 Å². The minimum absolute atomic E-state index is 0.0341. The Kier molecular flexibility index (Phi) is 36.1. The minimum Gasteiger partial charge on any atom is -0.462 e. The number of benzene rings is 1. The van der Waals surface area contributed by atoms with Crippen LogP contribution in [0.3, 0.4) is 0 Å². The Morgan fingerprint density at radius 2 is 0.667 bits per heavy atom. The van der Waals surface area contributed by atoms with Gasteiger partial charge in [0.15, 0.2) is 0 Å². The Morgan fingerprint density at radius 1 is 0.368 bits per heavy atom. The molecule has 1 rings (SSSR count). The average Bonchev–Trinajstić information content (AvgIpc) is 3.22. The van der Waals surface area contributed by atoms with E-state index in [0.717, 1.165) is 44.9 Å². The zero-order chi connectivity index (χ0) is 41.3. The van der Waals surface area contributed by atoms with E-state index in [4.69, 9.17) is 14.2 Å². The molecule has 1 aromatic carbocycles. The monoisotopic (exact) mass is 793 g/mol. The van der Waals surface area contributed by atoms with Gasteiger partial charge in [-0.2, -0.15) is 0 Å². The summed E-state index contributed by atoms with van der Waals surface area (Å²) in [7, 11) is 0. The molecule has 57 heavy (non-hydrogen) atoms. The highest BCUT2D eigenvalue weighted by molar-refractivity contribution is 6.05. The molecule has 0 bridgehead atoms. The zero-order valence-electron chi connectivity index (χ0n) is 37.0. The lowest BCUT2D eigenvalue weighted by Crippen LogP contribution is -2.17. The lowest BCUT2D eigenvalue weighted by Gasteiger charge is -2.12. The molecule has 0 unspecified atom stereocenters. The molecular weight excluding hydrogens is 709 g/mol. The Morgan fingerprint density at radius 3 is 1.04 bits per heavy atom. The van der Waals surface area contributed by atoms with Crippen LogP contribution in [0.1, 0.15) is 244 Å². The molecule has 0 N–H and O–H groups in total. The van der Waals surface area contributed by atoms with Crippen LogP contribution in [0.5, 0.6) is 0 Å². The fraction of sp³-hybridized carbons (Fsp3) is 0.706. The highest BCUT2D eigenvalue weighted by Gasteiger charge is 2.22. The largest absolute Gasteiger partial charge is 0.462 e. The van der Waals surface area contributed by atoms with Gasteiger partial charge in [-0.1, -0.05) is 173 Å². The molecule has 0 aliphatic heterocycles. The van der Waals surface area contributed by atoms with Gasteiger partial charge >= 0.3 is 17.9 Å². The van der Waals surface area contributed by atoms with Crippen molar-refractivity contribution in [1.29, 1.82) is 0 Å². The predicted octanol–water partition coefficient (Wildman–Crippen LogP) is 15.6. The summed E-state index contributed by atoms with van der Waals surface area (Å²) in [6, 6.07) is 4.43. The third-order valence-corrected chi connectivity index (χ3v) is 10.4. The average molecular weight is 793 g/mol. The van der Waals surface area contributed by atoms with Gasteiger partial charge in [-0.3, -0.25) is 0 Å². The summed E-state index contributed by atoms with van der Waals surface area (Å²) in [5.74, 6) is -1.75. The molecule has 0 aromatic heterocycles. The maximum Gasteiger partial charge on any atom is 0.339 e. The van der Waals surface area contributed by atoms with E-state index in [2.05, 4.69) is 57.2 Å². The van der Waals surface area contributed by atoms with Gasteiger partial charge in [-0.15, -0.1) is 0 Å². The van der Waals surface area contributed by atoms with Gasteiger partial charge in [0.2, 0.25) is 0 Å². The second-order valence-corrected chi connectivity index (χ2v) is 15.7. The van der Waals surface area contributed by atoms with E-state index < -0.39 is 17.9 Å². The van der Waals surface area contributed by atoms with Gasteiger partial charge in [0, 0.05) is 0 Å². The van der Waals surface area contributed by atoms with E-state index in [0.29, 0.717) is 12.8 Å². The molecule has 1 aromatic rings. The molecular formula is C51H84O6. The van der Waals surface area contributed by atoms with Crippen LogP contribution in [0, 0.1) is 0 Å². The Balaban J connectivity index is 2.59. The van der Waals surface area contributed by atoms with Crippen molar-refractivity contribution in [2.45, 2.75) is 213 Å². The van der Waals surface area contributed by atoms with Gasteiger partial charge < -0.3 is 14.2 Å². The topological polar surface area (TPSA) is 78.9 Å². The third-order valence-electron chi connectivity index (χ3n) is 10.4. The number of unbranched alkanes of at least 4 members (excludes halogenated alkanes) is 24. The van der Waals surface area contributed by atoms with Crippen LogP contribution in [0.25, 0.3) is 0 Å². The second-order valence-electron chi connectivity index (χ2n) is 15.7. The number of hydrogen-bond donors (Lipinski definition) is 0. The van der Waals surface area contributed by atoms with E-state index in [9.17, 15) is 14.4 Å². The predicted molar refractivity (Wildman–Crippen MR) is 240 cm³/mol. The van der Waals surface area contributed by atoms with Gasteiger partial charge in [0.1, 0.15) is 0 Å². The second kappa shape index (κ2) is 39.7. The summed E-state index contributed by atoms with van der Waals surface area (Å²) < 4.78 is 16.7. The molecule has 0 spiro atoms. The first-order valence-corrected chi connectivity index (χ1v) is 23.6. The van der Waals surface area contributed by atoms with Crippen molar-refractivity contribution in [2.24, 2.45) is 0 Å². The molecule has 324 valence electrons. The van der Waals surface area contributed by atoms with Crippen molar-refractivity contribution in [3.05, 3.63) is 71.3 Å². The van der Waals surface area contributed by atoms with E-state index in [1.165, 1.54) is 153 Å². The van der Waals surface area contributed by atoms with Crippen LogP contribution < -0.4 is 0 Å². The summed E-state index contributed by atoms with van der Waals surface area (Å²) in [4.78, 5) is 39.4. The van der Waals surface area contributed by atoms with E-state index in [1.54, 1.807) is 0 Å². The van der Waals surface area contributed by atoms with Crippen LogP contribution in [0.2, 0.25) is 0 Å². The Labute approximate surface area is 350 Å². The molecule has 0 atom stereocenters. The molecule has 0 amide bonds. The van der Waals surface area contributed by atoms with Crippen molar-refractivity contribution >= 4 is 17.9 Å². The maximum atomic E-state index is 13.3. The summed E-state index contributed by atoms with van der Waals surface area (Å²) >= 11 is 0. The molecule has 0 radical (unpaired) electrons. The quantitative estimate of drug-likeness (QED) is 0.0286. The van der Waals surface area contributed by atoms with Gasteiger partial charge in [0.05, 0.1) is 36.5 Å². The van der Waals surface area contributed by atoms with Crippen molar-refractivity contribution in [2.75, 3.05) is 19.8 Å². The van der Waals surface area contributed by atoms with Crippen LogP contribution in [-0.4, -0.2) is 37.7 Å². The first kappa shape index (κ1) is 51.9. The minimum atomic E-state index is -0.636. The normalized spacial score (nSPS) is 11.6. The number of carbonyl (C=O) groups excluding carboxylic acids is 3. The number of rotatable bonds is 39. The van der Waals surface area contributed by atoms with Crippen molar-refractivity contribution in [1.82, 2.24) is 0 Å². The summed E-state index contributed by atoms with van der Waals surface area (Å²) in [5, 5.41) is 0. The zero-order valence-corrected chi connectivity index (χ0v) is 37.0. The molecule has 6 heteroatoms. The summed E-state index contributed by atoms with van der Waals surface area (Å²) in [5.41, 5.74) is 0.353. The molecule has 0 fully saturated rings. The first-order chi connectivity index (χ1) is 28.0. The molecule has 6 nitrogen and oxygen atoms in total. The molecule has 0 heterocycles. The highest BCUT2D eigenvalue weighted by Crippen LogP contribution is 2.18. The summed E-state index contributed by atoms with van der Waals surface area (Å²) in [6.45, 7) is 7.49. The number of esters is 3. The van der Waals surface area contributed by atoms with Crippen LogP contribution >= 0.6 is 0 Å². The number of carbonyl (C=O) groups is 3. The molecule has 0 saturated heterocycles. The lowest BCUT2D eigenvalue weighted by atomic mass is 10.0. The first-order valence-electron chi connectivity index (χ1n) is 23.6. The Hall–Kier alpha value is -3.15. The van der Waals surface area contributed by atoms with Crippen molar-refractivity contribution in [3.63, 3.8) is 0 Å². The van der Waals surface area contributed by atoms with Crippen molar-refractivity contribution in [3.8, 4) is 0 Å². The lowest BCUT2D eigenvalue weighted by molar-refractivity contribution is 0.0451. The maximum absolute atomic E-state index is 13.3. The third kappa shape index (κ3) is 30.6. The van der Waals surface area contributed by atoms with Crippen molar-refractivity contribution < 1.29 is 28.6 Å². The fourth-order valence-corrected chi connectivity index (χ4v) is 6.72. The SMILES string of the molecule is CCCCCCCCC/C=C/CCCOC(=O)c1ccc(C(=O)OCCC/C=C/CCCCCCCCC)c(C(=O)OCCC/C=C/CCCCCCCCC)c1. The van der Waals surface area contributed by atoms with Gasteiger partial charge in [-0.05, 0) is 95.2 Å². The van der Waals surface area contributed by atoms with Crippen LogP contribution in [0.15, 0.2) is 54.7 Å². The van der Waals surface area contributed by atoms with E-state index in [-0.39, 0.29) is 36.5 Å². The standard InChI is InChI=1S/C51H84O6/c1-4-7-10-13-16-19-22-25-28-31-34-37-42-55-49(52)46-40-41-47(50(53)56-43-38-35-32-29-26-23-20-17-14-11-8-5-2)48(45-46)51(54)57-44-39-36-33-30-27-24-21-18-15-12-9-6-3/h28-33,40-41,45H,4-27,34-39,42-44H2,1-3H3/b31-28+,32-29+,33-30+. The van der Waals surface area contributed by atoms with Crippen LogP contribution in [0.4, 0.5) is 0 Å². The molecule has 0 saturated carbocycles. The highest BCUT2D eigenvalue weighted by atomic mass is 16.5. The smallest absolute Gasteiger partial charge is 0.339 e. The molecule has 0 aliphatic carbocycles. The van der Waals surface area contributed by atoms with Gasteiger partial charge in [0.25, 0.3) is 0 Å². The fourth-order valence-electron chi connectivity index (χ4n) is 6.72.